The number of benzene rings is 2. The minimum absolute atomic E-state index is 0.119. The largest absolute Gasteiger partial charge is 0.489 e. The Hall–Kier alpha value is -2.59. The lowest BCUT2D eigenvalue weighted by Gasteiger charge is -2.16. The van der Waals surface area contributed by atoms with Gasteiger partial charge in [0, 0.05) is 28.7 Å². The third-order valence-electron chi connectivity index (χ3n) is 5.11. The summed E-state index contributed by atoms with van der Waals surface area (Å²) >= 11 is 0. The van der Waals surface area contributed by atoms with E-state index in [1.807, 2.05) is 55.5 Å². The van der Waals surface area contributed by atoms with E-state index in [0.29, 0.717) is 12.0 Å². The normalized spacial score (nSPS) is 14.8. The summed E-state index contributed by atoms with van der Waals surface area (Å²) in [5.74, 6) is 0.725. The summed E-state index contributed by atoms with van der Waals surface area (Å²) in [4.78, 5) is 18.8. The molecule has 0 bridgehead atoms. The molecule has 134 valence electrons. The Balaban J connectivity index is 1.62. The van der Waals surface area contributed by atoms with E-state index in [2.05, 4.69) is 9.88 Å². The maximum atomic E-state index is 13.1. The maximum absolute atomic E-state index is 13.1. The van der Waals surface area contributed by atoms with E-state index in [0.717, 1.165) is 47.7 Å². The van der Waals surface area contributed by atoms with Crippen LogP contribution in [0, 0.1) is 6.92 Å². The molecule has 0 atom stereocenters. The number of nitrogens with zero attached hydrogens (tertiary/aromatic N) is 1. The average Bonchev–Trinajstić information content (AvgIpc) is 3.18. The number of hydrogen-bond acceptors (Lipinski definition) is 3. The molecule has 0 amide bonds. The molecule has 1 saturated heterocycles. The first-order chi connectivity index (χ1) is 12.7. The highest BCUT2D eigenvalue weighted by atomic mass is 16.5. The lowest BCUT2D eigenvalue weighted by Crippen LogP contribution is -2.24. The van der Waals surface area contributed by atoms with Crippen molar-refractivity contribution in [1.82, 2.24) is 9.88 Å². The first kappa shape index (κ1) is 16.9. The summed E-state index contributed by atoms with van der Waals surface area (Å²) in [5, 5.41) is 0.704. The summed E-state index contributed by atoms with van der Waals surface area (Å²) < 4.78 is 5.90. The molecule has 26 heavy (non-hydrogen) atoms. The van der Waals surface area contributed by atoms with Crippen molar-refractivity contribution in [2.45, 2.75) is 32.9 Å². The topological polar surface area (TPSA) is 45.3 Å². The number of ether oxygens (including phenoxy) is 1. The zero-order valence-corrected chi connectivity index (χ0v) is 15.1. The van der Waals surface area contributed by atoms with Crippen LogP contribution >= 0.6 is 0 Å². The van der Waals surface area contributed by atoms with Crippen LogP contribution < -0.4 is 10.2 Å². The van der Waals surface area contributed by atoms with Crippen LogP contribution in [-0.4, -0.2) is 23.0 Å². The van der Waals surface area contributed by atoms with Gasteiger partial charge in [-0.15, -0.1) is 0 Å². The first-order valence-electron chi connectivity index (χ1n) is 9.25. The molecule has 0 unspecified atom stereocenters. The van der Waals surface area contributed by atoms with E-state index in [9.17, 15) is 4.79 Å². The third kappa shape index (κ3) is 3.51. The van der Waals surface area contributed by atoms with Gasteiger partial charge in [-0.05, 0) is 56.6 Å². The number of aryl methyl sites for hydroxylation is 1. The zero-order chi connectivity index (χ0) is 17.9. The molecule has 0 aliphatic carbocycles. The van der Waals surface area contributed by atoms with Crippen LogP contribution in [0.1, 0.15) is 29.7 Å². The number of aromatic amines is 1. The van der Waals surface area contributed by atoms with Crippen molar-refractivity contribution >= 4 is 10.9 Å². The monoisotopic (exact) mass is 348 g/mol. The quantitative estimate of drug-likeness (QED) is 0.758. The molecular formula is C22H24N2O2. The number of fused-ring (bicyclic) bond motifs is 1. The molecule has 0 spiro atoms. The molecule has 2 aromatic carbocycles. The van der Waals surface area contributed by atoms with Gasteiger partial charge in [0.15, 0.2) is 5.43 Å². The number of hydrogen-bond donors (Lipinski definition) is 1. The van der Waals surface area contributed by atoms with Crippen LogP contribution in [0.4, 0.5) is 0 Å². The smallest absolute Gasteiger partial charge is 0.194 e. The standard InChI is InChI=1S/C22H24N2O2/c1-16-20(14-24-11-5-6-12-24)22(25)19-13-18(9-10-21(19)23-16)26-15-17-7-3-2-4-8-17/h2-4,7-10,13H,5-6,11-12,14-15H2,1H3,(H,23,25). The predicted molar refractivity (Wildman–Crippen MR) is 105 cm³/mol. The molecule has 3 aromatic rings. The number of pyridine rings is 1. The van der Waals surface area contributed by atoms with Gasteiger partial charge in [-0.3, -0.25) is 9.69 Å². The van der Waals surface area contributed by atoms with Crippen LogP contribution in [-0.2, 0) is 13.2 Å². The van der Waals surface area contributed by atoms with Crippen LogP contribution in [0.2, 0.25) is 0 Å². The summed E-state index contributed by atoms with van der Waals surface area (Å²) in [6.07, 6.45) is 2.45. The molecule has 1 aliphatic rings. The third-order valence-corrected chi connectivity index (χ3v) is 5.11. The molecule has 1 aromatic heterocycles. The van der Waals surface area contributed by atoms with Crippen molar-refractivity contribution in [1.29, 1.82) is 0 Å². The lowest BCUT2D eigenvalue weighted by atomic mass is 10.1. The molecule has 4 heteroatoms. The van der Waals surface area contributed by atoms with Gasteiger partial charge < -0.3 is 9.72 Å². The van der Waals surface area contributed by atoms with Gasteiger partial charge in [-0.2, -0.15) is 0 Å². The number of H-pyrrole nitrogens is 1. The van der Waals surface area contributed by atoms with Gasteiger partial charge in [0.2, 0.25) is 0 Å². The number of likely N-dealkylation sites (tertiary alicyclic amines) is 1. The van der Waals surface area contributed by atoms with Crippen LogP contribution in [0.25, 0.3) is 10.9 Å². The Morgan fingerprint density at radius 1 is 1.08 bits per heavy atom. The first-order valence-corrected chi connectivity index (χ1v) is 9.25. The van der Waals surface area contributed by atoms with Crippen molar-refractivity contribution in [3.8, 4) is 5.75 Å². The molecule has 0 radical (unpaired) electrons. The van der Waals surface area contributed by atoms with Gasteiger partial charge in [-0.1, -0.05) is 30.3 Å². The van der Waals surface area contributed by atoms with E-state index < -0.39 is 0 Å². The Labute approximate surface area is 153 Å². The van der Waals surface area contributed by atoms with E-state index in [1.165, 1.54) is 12.8 Å². The maximum Gasteiger partial charge on any atom is 0.194 e. The second-order valence-electron chi connectivity index (χ2n) is 7.02. The molecule has 1 N–H and O–H groups in total. The highest BCUT2D eigenvalue weighted by Crippen LogP contribution is 2.21. The van der Waals surface area contributed by atoms with Crippen molar-refractivity contribution in [3.05, 3.63) is 75.6 Å². The lowest BCUT2D eigenvalue weighted by molar-refractivity contribution is 0.306. The van der Waals surface area contributed by atoms with Crippen molar-refractivity contribution in [3.63, 3.8) is 0 Å². The predicted octanol–water partition coefficient (Wildman–Crippen LogP) is 4.01. The van der Waals surface area contributed by atoms with Gasteiger partial charge in [0.25, 0.3) is 0 Å². The van der Waals surface area contributed by atoms with E-state index in [4.69, 9.17) is 4.74 Å². The fraction of sp³-hybridized carbons (Fsp3) is 0.318. The molecular weight excluding hydrogens is 324 g/mol. The SMILES string of the molecule is Cc1[nH]c2ccc(OCc3ccccc3)cc2c(=O)c1CN1CCCC1. The summed E-state index contributed by atoms with van der Waals surface area (Å²) in [6.45, 7) is 5.38. The van der Waals surface area contributed by atoms with Gasteiger partial charge in [0.05, 0.1) is 0 Å². The number of nitrogens with one attached hydrogen (secondary N) is 1. The van der Waals surface area contributed by atoms with Gasteiger partial charge in [0.1, 0.15) is 12.4 Å². The van der Waals surface area contributed by atoms with E-state index >= 15 is 0 Å². The van der Waals surface area contributed by atoms with Gasteiger partial charge >= 0.3 is 0 Å². The summed E-state index contributed by atoms with van der Waals surface area (Å²) in [7, 11) is 0. The molecule has 1 aliphatic heterocycles. The summed E-state index contributed by atoms with van der Waals surface area (Å²) in [6, 6.07) is 15.8. The van der Waals surface area contributed by atoms with Crippen LogP contribution in [0.5, 0.6) is 5.75 Å². The molecule has 4 nitrogen and oxygen atoms in total. The Morgan fingerprint density at radius 2 is 1.85 bits per heavy atom. The summed E-state index contributed by atoms with van der Waals surface area (Å²) in [5.41, 5.74) is 3.94. The Kier molecular flexibility index (Phi) is 4.76. The molecule has 2 heterocycles. The molecule has 1 fully saturated rings. The van der Waals surface area contributed by atoms with Gasteiger partial charge in [-0.25, -0.2) is 0 Å². The second-order valence-corrected chi connectivity index (χ2v) is 7.02. The highest BCUT2D eigenvalue weighted by molar-refractivity contribution is 5.81. The van der Waals surface area contributed by atoms with Crippen molar-refractivity contribution < 1.29 is 4.74 Å². The minimum Gasteiger partial charge on any atom is -0.489 e. The minimum atomic E-state index is 0.119. The zero-order valence-electron chi connectivity index (χ0n) is 15.1. The molecule has 4 rings (SSSR count). The van der Waals surface area contributed by atoms with E-state index in [1.54, 1.807) is 0 Å². The van der Waals surface area contributed by atoms with Crippen molar-refractivity contribution in [2.24, 2.45) is 0 Å². The molecule has 0 saturated carbocycles. The number of rotatable bonds is 5. The Bertz CT molecular complexity index is 957. The number of aromatic nitrogens is 1. The van der Waals surface area contributed by atoms with Crippen LogP contribution in [0.3, 0.4) is 0 Å². The van der Waals surface area contributed by atoms with Crippen molar-refractivity contribution in [2.75, 3.05) is 13.1 Å². The second kappa shape index (κ2) is 7.34. The Morgan fingerprint density at radius 3 is 2.62 bits per heavy atom. The van der Waals surface area contributed by atoms with Crippen LogP contribution in [0.15, 0.2) is 53.3 Å². The average molecular weight is 348 g/mol. The fourth-order valence-electron chi connectivity index (χ4n) is 3.62. The highest BCUT2D eigenvalue weighted by Gasteiger charge is 2.17. The fourth-order valence-corrected chi connectivity index (χ4v) is 3.62. The van der Waals surface area contributed by atoms with E-state index in [-0.39, 0.29) is 5.43 Å².